The summed E-state index contributed by atoms with van der Waals surface area (Å²) in [5.41, 5.74) is 0. The third-order valence-corrected chi connectivity index (χ3v) is 1.47. The van der Waals surface area contributed by atoms with Gasteiger partial charge in [-0.3, -0.25) is 4.79 Å². The zero-order valence-electron chi connectivity index (χ0n) is 5.16. The molecule has 0 rings (SSSR count). The highest BCUT2D eigenvalue weighted by Crippen LogP contribution is 2.09. The highest BCUT2D eigenvalue weighted by molar-refractivity contribution is 9.11. The highest BCUT2D eigenvalue weighted by Gasteiger charge is 1.94. The average molecular weight is 211 g/mol. The van der Waals surface area contributed by atoms with Crippen LogP contribution in [-0.4, -0.2) is 11.7 Å². The Morgan fingerprint density at radius 1 is 1.78 bits per heavy atom. The molecule has 0 saturated heterocycles. The molecule has 0 aromatic carbocycles. The minimum atomic E-state index is 0.142. The lowest BCUT2D eigenvalue weighted by Crippen LogP contribution is -1.88. The van der Waals surface area contributed by atoms with E-state index in [0.717, 1.165) is 4.48 Å². The van der Waals surface area contributed by atoms with E-state index in [1.165, 1.54) is 0 Å². The molecule has 3 heteroatoms. The lowest BCUT2D eigenvalue weighted by molar-refractivity contribution is -0.116. The monoisotopic (exact) mass is 210 g/mol. The maximum atomic E-state index is 10.4. The second-order valence-corrected chi connectivity index (χ2v) is 3.01. The molecule has 0 heterocycles. The van der Waals surface area contributed by atoms with E-state index in [2.05, 4.69) is 15.9 Å². The van der Waals surface area contributed by atoms with Crippen LogP contribution in [0.25, 0.3) is 0 Å². The molecule has 0 aliphatic carbocycles. The van der Waals surface area contributed by atoms with Gasteiger partial charge in [0.15, 0.2) is 0 Å². The van der Waals surface area contributed by atoms with Crippen molar-refractivity contribution >= 4 is 33.3 Å². The fourth-order valence-electron chi connectivity index (χ4n) is 0.394. The van der Waals surface area contributed by atoms with Crippen LogP contribution in [0, 0.1) is 0 Å². The van der Waals surface area contributed by atoms with E-state index in [-0.39, 0.29) is 5.78 Å². The maximum Gasteiger partial charge on any atom is 0.134 e. The van der Waals surface area contributed by atoms with Gasteiger partial charge in [0.2, 0.25) is 0 Å². The lowest BCUT2D eigenvalue weighted by atomic mass is 10.3. The van der Waals surface area contributed by atoms with Gasteiger partial charge >= 0.3 is 0 Å². The molecule has 0 spiro atoms. The number of carbonyl (C=O) groups excluding carboxylic acids is 1. The Hall–Kier alpha value is 0.180. The molecule has 0 bridgehead atoms. The summed E-state index contributed by atoms with van der Waals surface area (Å²) < 4.78 is 0.866. The van der Waals surface area contributed by atoms with Crippen molar-refractivity contribution in [3.05, 3.63) is 10.6 Å². The van der Waals surface area contributed by atoms with Gasteiger partial charge in [0.25, 0.3) is 0 Å². The van der Waals surface area contributed by atoms with Gasteiger partial charge in [-0.25, -0.2) is 0 Å². The predicted octanol–water partition coefficient (Wildman–Crippen LogP) is 2.48. The Kier molecular flexibility index (Phi) is 5.10. The maximum absolute atomic E-state index is 10.4. The molecule has 0 radical (unpaired) electrons. The summed E-state index contributed by atoms with van der Waals surface area (Å²) in [5.74, 6) is 0.594. The number of Topliss-reactive ketones (excluding diaryl/α,β-unsaturated/α-hetero) is 1. The zero-order valence-corrected chi connectivity index (χ0v) is 7.50. The summed E-state index contributed by atoms with van der Waals surface area (Å²) in [5, 5.41) is 0. The molecule has 0 amide bonds. The van der Waals surface area contributed by atoms with Crippen LogP contribution in [0.1, 0.15) is 13.3 Å². The van der Waals surface area contributed by atoms with Crippen molar-refractivity contribution in [2.24, 2.45) is 0 Å². The molecular formula is C6H8BrClO. The first-order valence-electron chi connectivity index (χ1n) is 2.56. The Morgan fingerprint density at radius 2 is 2.33 bits per heavy atom. The Bertz CT molecular complexity index is 131. The summed E-state index contributed by atoms with van der Waals surface area (Å²) in [7, 11) is 0. The minimum absolute atomic E-state index is 0.142. The third-order valence-electron chi connectivity index (χ3n) is 0.716. The van der Waals surface area contributed by atoms with Crippen LogP contribution in [0.3, 0.4) is 0 Å². The minimum Gasteiger partial charge on any atom is -0.300 e. The molecular weight excluding hydrogens is 203 g/mol. The van der Waals surface area contributed by atoms with Gasteiger partial charge in [0.1, 0.15) is 5.78 Å². The van der Waals surface area contributed by atoms with Gasteiger partial charge in [-0.2, -0.15) is 0 Å². The van der Waals surface area contributed by atoms with Crippen LogP contribution in [0.15, 0.2) is 10.6 Å². The largest absolute Gasteiger partial charge is 0.300 e. The number of hydrogen-bond donors (Lipinski definition) is 0. The number of allylic oxidation sites excluding steroid dienone is 2. The SMILES string of the molecule is CC(=O)C/C(Br)=C/CCl. The standard InChI is InChI=1S/C6H8BrClO/c1-5(9)4-6(7)2-3-8/h2H,3-4H2,1H3/b6-2-. The molecule has 9 heavy (non-hydrogen) atoms. The van der Waals surface area contributed by atoms with Gasteiger partial charge in [0, 0.05) is 12.3 Å². The summed E-state index contributed by atoms with van der Waals surface area (Å²) in [4.78, 5) is 10.4. The van der Waals surface area contributed by atoms with E-state index in [4.69, 9.17) is 11.6 Å². The fourth-order valence-corrected chi connectivity index (χ4v) is 1.32. The van der Waals surface area contributed by atoms with Crippen LogP contribution in [0.5, 0.6) is 0 Å². The first-order valence-corrected chi connectivity index (χ1v) is 3.89. The first-order chi connectivity index (χ1) is 4.16. The van der Waals surface area contributed by atoms with Gasteiger partial charge in [-0.1, -0.05) is 22.0 Å². The van der Waals surface area contributed by atoms with Crippen molar-refractivity contribution in [1.29, 1.82) is 0 Å². The molecule has 0 saturated carbocycles. The molecule has 0 unspecified atom stereocenters. The Morgan fingerprint density at radius 3 is 2.67 bits per heavy atom. The highest BCUT2D eigenvalue weighted by atomic mass is 79.9. The van der Waals surface area contributed by atoms with E-state index < -0.39 is 0 Å². The summed E-state index contributed by atoms with van der Waals surface area (Å²) in [6.45, 7) is 1.54. The van der Waals surface area contributed by atoms with E-state index >= 15 is 0 Å². The molecule has 0 N–H and O–H groups in total. The third kappa shape index (κ3) is 6.06. The van der Waals surface area contributed by atoms with Gasteiger partial charge in [0.05, 0.1) is 0 Å². The van der Waals surface area contributed by atoms with Crippen LogP contribution >= 0.6 is 27.5 Å². The van der Waals surface area contributed by atoms with Crippen molar-refractivity contribution < 1.29 is 4.79 Å². The molecule has 1 nitrogen and oxygen atoms in total. The molecule has 0 aliphatic rings. The van der Waals surface area contributed by atoms with Crippen LogP contribution < -0.4 is 0 Å². The second-order valence-electron chi connectivity index (χ2n) is 1.68. The van der Waals surface area contributed by atoms with E-state index in [1.807, 2.05) is 0 Å². The summed E-state index contributed by atoms with van der Waals surface area (Å²) >= 11 is 8.56. The average Bonchev–Trinajstić information content (AvgIpc) is 1.63. The molecule has 0 aromatic rings. The number of hydrogen-bond acceptors (Lipinski definition) is 1. The topological polar surface area (TPSA) is 17.1 Å². The Balaban J connectivity index is 3.62. The van der Waals surface area contributed by atoms with Crippen molar-refractivity contribution in [1.82, 2.24) is 0 Å². The Labute approximate surface area is 68.2 Å². The van der Waals surface area contributed by atoms with E-state index in [0.29, 0.717) is 12.3 Å². The zero-order chi connectivity index (χ0) is 7.28. The normalized spacial score (nSPS) is 11.7. The van der Waals surface area contributed by atoms with Crippen molar-refractivity contribution in [3.63, 3.8) is 0 Å². The van der Waals surface area contributed by atoms with Crippen molar-refractivity contribution in [2.75, 3.05) is 5.88 Å². The van der Waals surface area contributed by atoms with Crippen molar-refractivity contribution in [3.8, 4) is 0 Å². The lowest BCUT2D eigenvalue weighted by Gasteiger charge is -1.90. The number of rotatable bonds is 3. The molecule has 0 aliphatic heterocycles. The number of carbonyl (C=O) groups is 1. The quantitative estimate of drug-likeness (QED) is 0.656. The van der Waals surface area contributed by atoms with E-state index in [1.54, 1.807) is 13.0 Å². The van der Waals surface area contributed by atoms with Crippen LogP contribution in [0.4, 0.5) is 0 Å². The molecule has 52 valence electrons. The smallest absolute Gasteiger partial charge is 0.134 e. The summed E-state index contributed by atoms with van der Waals surface area (Å²) in [6.07, 6.45) is 2.22. The number of halogens is 2. The van der Waals surface area contributed by atoms with Crippen LogP contribution in [0.2, 0.25) is 0 Å². The summed E-state index contributed by atoms with van der Waals surface area (Å²) in [6, 6.07) is 0. The van der Waals surface area contributed by atoms with E-state index in [9.17, 15) is 4.79 Å². The first kappa shape index (κ1) is 9.18. The fraction of sp³-hybridized carbons (Fsp3) is 0.500. The molecule has 0 fully saturated rings. The molecule has 0 aromatic heterocycles. The van der Waals surface area contributed by atoms with Crippen molar-refractivity contribution in [2.45, 2.75) is 13.3 Å². The molecule has 0 atom stereocenters. The number of ketones is 1. The predicted molar refractivity (Wildman–Crippen MR) is 43.0 cm³/mol. The number of alkyl halides is 1. The van der Waals surface area contributed by atoms with Gasteiger partial charge in [-0.15, -0.1) is 11.6 Å². The second kappa shape index (κ2) is 5.00. The van der Waals surface area contributed by atoms with Gasteiger partial charge in [-0.05, 0) is 11.4 Å². The van der Waals surface area contributed by atoms with Gasteiger partial charge < -0.3 is 0 Å². The van der Waals surface area contributed by atoms with Crippen LogP contribution in [-0.2, 0) is 4.79 Å².